The lowest BCUT2D eigenvalue weighted by Gasteiger charge is -2.07. The summed E-state index contributed by atoms with van der Waals surface area (Å²) in [7, 11) is 0. The molecule has 0 aliphatic heterocycles. The monoisotopic (exact) mass is 270 g/mol. The van der Waals surface area contributed by atoms with Crippen molar-refractivity contribution in [1.82, 2.24) is 0 Å². The van der Waals surface area contributed by atoms with E-state index >= 15 is 0 Å². The highest BCUT2D eigenvalue weighted by Gasteiger charge is 2.28. The maximum atomic E-state index is 9.87. The Morgan fingerprint density at radius 2 is 2.05 bits per heavy atom. The molecule has 0 saturated heterocycles. The van der Waals surface area contributed by atoms with Gasteiger partial charge in [-0.15, -0.1) is 6.58 Å². The van der Waals surface area contributed by atoms with Gasteiger partial charge in [0, 0.05) is 0 Å². The van der Waals surface area contributed by atoms with Gasteiger partial charge in [-0.3, -0.25) is 0 Å². The van der Waals surface area contributed by atoms with Crippen molar-refractivity contribution in [2.75, 3.05) is 0 Å². The van der Waals surface area contributed by atoms with Gasteiger partial charge in [-0.1, -0.05) is 61.6 Å². The molecule has 0 aromatic heterocycles. The molecule has 2 unspecified atom stereocenters. The molecule has 1 N–H and O–H groups in total. The summed E-state index contributed by atoms with van der Waals surface area (Å²) >= 11 is 0. The highest BCUT2D eigenvalue weighted by atomic mass is 16.3. The molecule has 20 heavy (non-hydrogen) atoms. The maximum Gasteiger partial charge on any atom is 0.0798 e. The molecule has 0 fully saturated rings. The van der Waals surface area contributed by atoms with Crippen molar-refractivity contribution in [3.63, 3.8) is 0 Å². The number of hydrogen-bond donors (Lipinski definition) is 1. The van der Waals surface area contributed by atoms with Gasteiger partial charge in [0.2, 0.25) is 0 Å². The van der Waals surface area contributed by atoms with E-state index in [1.165, 1.54) is 11.1 Å². The summed E-state index contributed by atoms with van der Waals surface area (Å²) in [6.45, 7) is 11.4. The zero-order valence-electron chi connectivity index (χ0n) is 12.7. The minimum absolute atomic E-state index is 0.269. The van der Waals surface area contributed by atoms with Gasteiger partial charge in [0.25, 0.3) is 0 Å². The lowest BCUT2D eigenvalue weighted by molar-refractivity contribution is 0.173. The first kappa shape index (κ1) is 16.5. The third-order valence-electron chi connectivity index (χ3n) is 3.51. The van der Waals surface area contributed by atoms with Crippen LogP contribution in [0.4, 0.5) is 0 Å². The minimum Gasteiger partial charge on any atom is -0.388 e. The molecule has 2 rings (SSSR count). The fourth-order valence-electron chi connectivity index (χ4n) is 2.53. The molecule has 1 heteroatoms. The van der Waals surface area contributed by atoms with E-state index in [0.717, 1.165) is 24.8 Å². The second-order valence-corrected chi connectivity index (χ2v) is 5.18. The van der Waals surface area contributed by atoms with E-state index in [4.69, 9.17) is 0 Å². The molecule has 0 spiro atoms. The molecule has 0 radical (unpaired) electrons. The van der Waals surface area contributed by atoms with Crippen molar-refractivity contribution < 1.29 is 5.11 Å². The second-order valence-electron chi connectivity index (χ2n) is 5.18. The minimum atomic E-state index is -0.269. The van der Waals surface area contributed by atoms with Crippen LogP contribution in [0.1, 0.15) is 54.9 Å². The predicted molar refractivity (Wildman–Crippen MR) is 87.9 cm³/mol. The van der Waals surface area contributed by atoms with E-state index in [0.29, 0.717) is 5.92 Å². The number of hydrogen-bond acceptors (Lipinski definition) is 1. The predicted octanol–water partition coefficient (Wildman–Crippen LogP) is 5.23. The molecule has 1 nitrogen and oxygen atoms in total. The van der Waals surface area contributed by atoms with Crippen LogP contribution in [-0.2, 0) is 0 Å². The van der Waals surface area contributed by atoms with Crippen LogP contribution in [0.5, 0.6) is 0 Å². The van der Waals surface area contributed by atoms with Gasteiger partial charge in [-0.2, -0.15) is 0 Å². The number of rotatable bonds is 4. The number of fused-ring (bicyclic) bond motifs is 1. The van der Waals surface area contributed by atoms with Crippen molar-refractivity contribution >= 4 is 0 Å². The lowest BCUT2D eigenvalue weighted by atomic mass is 9.97. The Balaban J connectivity index is 0.000000286. The van der Waals surface area contributed by atoms with Crippen molar-refractivity contribution in [2.45, 2.75) is 45.1 Å². The molecular weight excluding hydrogens is 244 g/mol. The Morgan fingerprint density at radius 1 is 1.30 bits per heavy atom. The maximum absolute atomic E-state index is 9.87. The van der Waals surface area contributed by atoms with Crippen LogP contribution in [0.15, 0.2) is 55.7 Å². The van der Waals surface area contributed by atoms with Crippen molar-refractivity contribution in [1.29, 1.82) is 0 Å². The summed E-state index contributed by atoms with van der Waals surface area (Å²) in [5, 5.41) is 9.87. The molecule has 2 atom stereocenters. The summed E-state index contributed by atoms with van der Waals surface area (Å²) < 4.78 is 0. The van der Waals surface area contributed by atoms with E-state index in [1.54, 1.807) is 6.08 Å². The average molecular weight is 270 g/mol. The number of aliphatic hydroxyl groups is 1. The molecule has 0 heterocycles. The summed E-state index contributed by atoms with van der Waals surface area (Å²) in [5.74, 6) is 0.470. The highest BCUT2D eigenvalue weighted by Crippen LogP contribution is 2.42. The highest BCUT2D eigenvalue weighted by molar-refractivity contribution is 5.40. The normalized spacial score (nSPS) is 20.1. The third-order valence-corrected chi connectivity index (χ3v) is 3.51. The summed E-state index contributed by atoms with van der Waals surface area (Å²) in [4.78, 5) is 0. The SMILES string of the molecule is C=C/C=C\CC.C=CCC1CC(O)c2cc(C)ccc21. The van der Waals surface area contributed by atoms with E-state index in [2.05, 4.69) is 51.3 Å². The number of allylic oxidation sites excluding steroid dienone is 4. The van der Waals surface area contributed by atoms with Crippen LogP contribution < -0.4 is 0 Å². The second kappa shape index (κ2) is 8.55. The topological polar surface area (TPSA) is 20.2 Å². The fraction of sp³-hybridized carbons (Fsp3) is 0.368. The zero-order valence-corrected chi connectivity index (χ0v) is 12.7. The number of aryl methyl sites for hydroxylation is 1. The van der Waals surface area contributed by atoms with Crippen LogP contribution >= 0.6 is 0 Å². The molecule has 0 amide bonds. The van der Waals surface area contributed by atoms with Gasteiger partial charge in [0.1, 0.15) is 0 Å². The Labute approximate surface area is 123 Å². The summed E-state index contributed by atoms with van der Waals surface area (Å²) in [6, 6.07) is 6.37. The number of aliphatic hydroxyl groups excluding tert-OH is 1. The quantitative estimate of drug-likeness (QED) is 0.586. The van der Waals surface area contributed by atoms with Crippen molar-refractivity contribution in [2.24, 2.45) is 0 Å². The van der Waals surface area contributed by atoms with Gasteiger partial charge >= 0.3 is 0 Å². The van der Waals surface area contributed by atoms with Gasteiger partial charge in [0.05, 0.1) is 6.10 Å². The zero-order chi connectivity index (χ0) is 15.0. The number of benzene rings is 1. The Morgan fingerprint density at radius 3 is 2.60 bits per heavy atom. The summed E-state index contributed by atoms with van der Waals surface area (Å²) in [5.41, 5.74) is 3.65. The molecule has 1 aromatic rings. The van der Waals surface area contributed by atoms with Gasteiger partial charge in [0.15, 0.2) is 0 Å². The largest absolute Gasteiger partial charge is 0.388 e. The van der Waals surface area contributed by atoms with Crippen molar-refractivity contribution in [3.8, 4) is 0 Å². The molecule has 0 bridgehead atoms. The van der Waals surface area contributed by atoms with E-state index in [-0.39, 0.29) is 6.10 Å². The standard InChI is InChI=1S/C13H16O.C6H10/c1-3-4-10-8-13(14)12-7-9(2)5-6-11(10)12;1-3-5-6-4-2/h3,5-7,10,13-14H,1,4,8H2,2H3;3,5-6H,1,4H2,2H3/b;6-5-. The first-order valence-corrected chi connectivity index (χ1v) is 7.31. The van der Waals surface area contributed by atoms with E-state index in [1.807, 2.05) is 12.2 Å². The third kappa shape index (κ3) is 4.50. The van der Waals surface area contributed by atoms with Gasteiger partial charge < -0.3 is 5.11 Å². The lowest BCUT2D eigenvalue weighted by Crippen LogP contribution is -1.91. The molecule has 1 aliphatic carbocycles. The van der Waals surface area contributed by atoms with Crippen LogP contribution in [0.25, 0.3) is 0 Å². The Bertz CT molecular complexity index is 471. The van der Waals surface area contributed by atoms with Gasteiger partial charge in [-0.05, 0) is 43.2 Å². The first-order chi connectivity index (χ1) is 9.63. The van der Waals surface area contributed by atoms with E-state index in [9.17, 15) is 5.11 Å². The summed E-state index contributed by atoms with van der Waals surface area (Å²) in [6.07, 6.45) is 10.4. The van der Waals surface area contributed by atoms with Crippen LogP contribution in [0, 0.1) is 6.92 Å². The molecule has 108 valence electrons. The molecule has 0 saturated carbocycles. The first-order valence-electron chi connectivity index (χ1n) is 7.31. The van der Waals surface area contributed by atoms with E-state index < -0.39 is 0 Å². The molecule has 1 aromatic carbocycles. The fourth-order valence-corrected chi connectivity index (χ4v) is 2.53. The van der Waals surface area contributed by atoms with Crippen LogP contribution in [0.3, 0.4) is 0 Å². The van der Waals surface area contributed by atoms with Crippen molar-refractivity contribution in [3.05, 3.63) is 72.4 Å². The Hall–Kier alpha value is -1.60. The molecule has 1 aliphatic rings. The Kier molecular flexibility index (Phi) is 7.03. The smallest absolute Gasteiger partial charge is 0.0798 e. The van der Waals surface area contributed by atoms with Crippen LogP contribution in [0.2, 0.25) is 0 Å². The van der Waals surface area contributed by atoms with Gasteiger partial charge in [-0.25, -0.2) is 0 Å². The average Bonchev–Trinajstić information content (AvgIpc) is 2.74. The van der Waals surface area contributed by atoms with Crippen LogP contribution in [-0.4, -0.2) is 5.11 Å². The molecular formula is C19H26O.